The molecular formula is C22H26ClN5O4. The summed E-state index contributed by atoms with van der Waals surface area (Å²) in [7, 11) is 0. The van der Waals surface area contributed by atoms with Gasteiger partial charge in [0, 0.05) is 30.6 Å². The number of hydrogen-bond acceptors (Lipinski definition) is 6. The summed E-state index contributed by atoms with van der Waals surface area (Å²) in [5.41, 5.74) is 0.749. The standard InChI is InChI=1S/C22H26ClN5O4/c23-19-18(12-24-27-21(19)30)28-11-10-17(13-28)32-22(31)26-16-8-6-15(7-9-16)25-20(29)14-4-2-1-3-5-14/h1-5,12,15-17H,6-11,13H2,(H,25,29)(H,26,31)(H,27,30)/t15-,16-,17-/m1/s1. The lowest BCUT2D eigenvalue weighted by atomic mass is 9.91. The number of nitrogens with zero attached hydrogens (tertiary/aromatic N) is 2. The minimum Gasteiger partial charge on any atom is -0.444 e. The van der Waals surface area contributed by atoms with Gasteiger partial charge in [-0.1, -0.05) is 29.8 Å². The zero-order valence-corrected chi connectivity index (χ0v) is 18.3. The molecule has 3 N–H and O–H groups in total. The highest BCUT2D eigenvalue weighted by molar-refractivity contribution is 6.33. The summed E-state index contributed by atoms with van der Waals surface area (Å²) in [4.78, 5) is 38.2. The Labute approximate surface area is 190 Å². The van der Waals surface area contributed by atoms with Crippen molar-refractivity contribution in [3.8, 4) is 0 Å². The zero-order chi connectivity index (χ0) is 22.5. The first-order chi connectivity index (χ1) is 15.5. The van der Waals surface area contributed by atoms with Crippen LogP contribution in [-0.4, -0.2) is 53.5 Å². The second-order valence-electron chi connectivity index (χ2n) is 8.19. The Morgan fingerprint density at radius 2 is 1.75 bits per heavy atom. The van der Waals surface area contributed by atoms with Crippen LogP contribution in [0.1, 0.15) is 42.5 Å². The van der Waals surface area contributed by atoms with Crippen molar-refractivity contribution < 1.29 is 14.3 Å². The number of rotatable bonds is 5. The third kappa shape index (κ3) is 5.40. The fourth-order valence-electron chi connectivity index (χ4n) is 4.23. The van der Waals surface area contributed by atoms with E-state index in [-0.39, 0.29) is 29.1 Å². The molecule has 9 nitrogen and oxygen atoms in total. The smallest absolute Gasteiger partial charge is 0.407 e. The van der Waals surface area contributed by atoms with E-state index in [2.05, 4.69) is 20.8 Å². The van der Waals surface area contributed by atoms with Gasteiger partial charge in [-0.25, -0.2) is 9.89 Å². The van der Waals surface area contributed by atoms with Crippen molar-refractivity contribution in [2.24, 2.45) is 0 Å². The maximum atomic E-state index is 12.4. The number of alkyl carbamates (subject to hydrolysis) is 1. The number of H-pyrrole nitrogens is 1. The Morgan fingerprint density at radius 1 is 1.06 bits per heavy atom. The maximum Gasteiger partial charge on any atom is 0.407 e. The number of ether oxygens (including phenoxy) is 1. The third-order valence-electron chi connectivity index (χ3n) is 5.96. The van der Waals surface area contributed by atoms with Gasteiger partial charge in [0.25, 0.3) is 11.5 Å². The molecule has 1 saturated carbocycles. The van der Waals surface area contributed by atoms with Crippen molar-refractivity contribution in [2.45, 2.75) is 50.3 Å². The first kappa shape index (κ1) is 22.1. The Bertz CT molecular complexity index is 1010. The summed E-state index contributed by atoms with van der Waals surface area (Å²) in [6, 6.07) is 9.28. The van der Waals surface area contributed by atoms with E-state index in [0.717, 1.165) is 25.7 Å². The molecule has 2 heterocycles. The Hall–Kier alpha value is -3.07. The first-order valence-electron chi connectivity index (χ1n) is 10.8. The maximum absolute atomic E-state index is 12.4. The number of anilines is 1. The van der Waals surface area contributed by atoms with Gasteiger partial charge in [0.1, 0.15) is 11.1 Å². The van der Waals surface area contributed by atoms with Gasteiger partial charge in [0.2, 0.25) is 0 Å². The van der Waals surface area contributed by atoms with Gasteiger partial charge < -0.3 is 20.3 Å². The molecule has 2 amide bonds. The van der Waals surface area contributed by atoms with E-state index in [1.54, 1.807) is 12.1 Å². The van der Waals surface area contributed by atoms with Crippen molar-refractivity contribution in [3.05, 3.63) is 57.5 Å². The first-order valence-corrected chi connectivity index (χ1v) is 11.2. The highest BCUT2D eigenvalue weighted by Gasteiger charge is 2.29. The highest BCUT2D eigenvalue weighted by Crippen LogP contribution is 2.26. The Morgan fingerprint density at radius 3 is 2.47 bits per heavy atom. The number of carbonyl (C=O) groups excluding carboxylic acids is 2. The molecule has 1 aromatic heterocycles. The monoisotopic (exact) mass is 459 g/mol. The van der Waals surface area contributed by atoms with Gasteiger partial charge >= 0.3 is 6.09 Å². The molecule has 1 aromatic carbocycles. The van der Waals surface area contributed by atoms with Gasteiger partial charge in [-0.2, -0.15) is 5.10 Å². The van der Waals surface area contributed by atoms with E-state index in [1.807, 2.05) is 23.1 Å². The van der Waals surface area contributed by atoms with E-state index < -0.39 is 11.7 Å². The van der Waals surface area contributed by atoms with Crippen LogP contribution in [0.15, 0.2) is 41.3 Å². The third-order valence-corrected chi connectivity index (χ3v) is 6.32. The van der Waals surface area contributed by atoms with Gasteiger partial charge in [-0.3, -0.25) is 9.59 Å². The average molecular weight is 460 g/mol. The molecule has 0 unspecified atom stereocenters. The van der Waals surface area contributed by atoms with Crippen LogP contribution in [0.2, 0.25) is 5.02 Å². The van der Waals surface area contributed by atoms with Crippen LogP contribution in [-0.2, 0) is 4.74 Å². The van der Waals surface area contributed by atoms with Crippen LogP contribution >= 0.6 is 11.6 Å². The summed E-state index contributed by atoms with van der Waals surface area (Å²) in [6.45, 7) is 1.07. The fraction of sp³-hybridized carbons (Fsp3) is 0.455. The van der Waals surface area contributed by atoms with Crippen molar-refractivity contribution in [2.75, 3.05) is 18.0 Å². The number of benzene rings is 1. The van der Waals surface area contributed by atoms with Crippen LogP contribution in [0, 0.1) is 0 Å². The van der Waals surface area contributed by atoms with Crippen molar-refractivity contribution in [3.63, 3.8) is 0 Å². The highest BCUT2D eigenvalue weighted by atomic mass is 35.5. The van der Waals surface area contributed by atoms with E-state index in [0.29, 0.717) is 30.8 Å². The molecular weight excluding hydrogens is 434 g/mol. The summed E-state index contributed by atoms with van der Waals surface area (Å²) in [5.74, 6) is -0.0667. The summed E-state index contributed by atoms with van der Waals surface area (Å²) < 4.78 is 5.57. The van der Waals surface area contributed by atoms with Crippen LogP contribution in [0.5, 0.6) is 0 Å². The molecule has 0 spiro atoms. The molecule has 0 bridgehead atoms. The summed E-state index contributed by atoms with van der Waals surface area (Å²) in [5, 5.41) is 12.2. The zero-order valence-electron chi connectivity index (χ0n) is 17.6. The summed E-state index contributed by atoms with van der Waals surface area (Å²) >= 11 is 6.06. The molecule has 0 radical (unpaired) electrons. The van der Waals surface area contributed by atoms with Crippen molar-refractivity contribution in [1.82, 2.24) is 20.8 Å². The van der Waals surface area contributed by atoms with E-state index >= 15 is 0 Å². The number of aromatic amines is 1. The molecule has 32 heavy (non-hydrogen) atoms. The molecule has 170 valence electrons. The molecule has 2 aromatic rings. The van der Waals surface area contributed by atoms with E-state index in [9.17, 15) is 14.4 Å². The molecule has 4 rings (SSSR count). The van der Waals surface area contributed by atoms with Crippen LogP contribution < -0.4 is 21.1 Å². The molecule has 1 aliphatic carbocycles. The fourth-order valence-corrected chi connectivity index (χ4v) is 4.44. The quantitative estimate of drug-likeness (QED) is 0.632. The second-order valence-corrected chi connectivity index (χ2v) is 8.57. The Balaban J connectivity index is 1.19. The SMILES string of the molecule is O=C(N[C@H]1CC[C@H](NC(=O)c2ccccc2)CC1)O[C@@H]1CCN(c2cn[nH]c(=O)c2Cl)C1. The molecule has 2 fully saturated rings. The molecule has 1 saturated heterocycles. The number of aromatic nitrogens is 2. The van der Waals surface area contributed by atoms with Crippen molar-refractivity contribution in [1.29, 1.82) is 0 Å². The summed E-state index contributed by atoms with van der Waals surface area (Å²) in [6.07, 6.45) is 4.58. The van der Waals surface area contributed by atoms with E-state index in [4.69, 9.17) is 16.3 Å². The lowest BCUT2D eigenvalue weighted by molar-refractivity contribution is 0.0909. The number of amides is 2. The minimum atomic E-state index is -0.443. The number of nitrogens with one attached hydrogen (secondary N) is 3. The van der Waals surface area contributed by atoms with Gasteiger partial charge in [0.05, 0.1) is 18.4 Å². The predicted octanol–water partition coefficient (Wildman–Crippen LogP) is 2.47. The molecule has 1 aliphatic heterocycles. The number of hydrogen-bond donors (Lipinski definition) is 3. The minimum absolute atomic E-state index is 0.0243. The van der Waals surface area contributed by atoms with E-state index in [1.165, 1.54) is 6.20 Å². The number of halogens is 1. The van der Waals surface area contributed by atoms with Crippen LogP contribution in [0.4, 0.5) is 10.5 Å². The molecule has 10 heteroatoms. The van der Waals surface area contributed by atoms with Gasteiger partial charge in [-0.15, -0.1) is 0 Å². The molecule has 1 atom stereocenters. The topological polar surface area (TPSA) is 116 Å². The lowest BCUT2D eigenvalue weighted by Crippen LogP contribution is -2.44. The van der Waals surface area contributed by atoms with Crippen molar-refractivity contribution >= 4 is 29.3 Å². The largest absolute Gasteiger partial charge is 0.444 e. The Kier molecular flexibility index (Phi) is 6.94. The van der Waals surface area contributed by atoms with Gasteiger partial charge in [0.15, 0.2) is 0 Å². The lowest BCUT2D eigenvalue weighted by Gasteiger charge is -2.29. The average Bonchev–Trinajstić information content (AvgIpc) is 3.25. The normalized spacial score (nSPS) is 22.9. The van der Waals surface area contributed by atoms with Crippen LogP contribution in [0.3, 0.4) is 0 Å². The number of carbonyl (C=O) groups is 2. The van der Waals surface area contributed by atoms with Gasteiger partial charge in [-0.05, 0) is 37.8 Å². The predicted molar refractivity (Wildman–Crippen MR) is 120 cm³/mol. The van der Waals surface area contributed by atoms with Crippen LogP contribution in [0.25, 0.3) is 0 Å². The second kappa shape index (κ2) is 10.0. The molecule has 2 aliphatic rings.